The number of alkyl halides is 3. The van der Waals surface area contributed by atoms with Gasteiger partial charge in [0.1, 0.15) is 0 Å². The van der Waals surface area contributed by atoms with Gasteiger partial charge in [0.15, 0.2) is 0 Å². The lowest BCUT2D eigenvalue weighted by Crippen LogP contribution is -2.19. The van der Waals surface area contributed by atoms with Crippen LogP contribution in [0.25, 0.3) is 0 Å². The van der Waals surface area contributed by atoms with Crippen LogP contribution in [0.4, 0.5) is 30.2 Å². The fourth-order valence-electron chi connectivity index (χ4n) is 2.46. The first kappa shape index (κ1) is 19.2. The van der Waals surface area contributed by atoms with Gasteiger partial charge in [0.05, 0.1) is 21.9 Å². The van der Waals surface area contributed by atoms with Gasteiger partial charge in [-0.05, 0) is 31.2 Å². The lowest BCUT2D eigenvalue weighted by atomic mass is 10.1. The standard InChI is InChI=1S/C17H16F3N3O3/c1-10-12(5-4-6-14(10)23(25)26)16(24)21-13-9-11(17(18,19)20)7-8-15(13)22(2)3/h4-9H,1-3H3,(H,21,24). The van der Waals surface area contributed by atoms with Gasteiger partial charge in [-0.2, -0.15) is 13.2 Å². The molecule has 138 valence electrons. The highest BCUT2D eigenvalue weighted by molar-refractivity contribution is 6.07. The Labute approximate surface area is 147 Å². The molecule has 6 nitrogen and oxygen atoms in total. The van der Waals surface area contributed by atoms with Gasteiger partial charge in [0.2, 0.25) is 0 Å². The van der Waals surface area contributed by atoms with E-state index in [0.29, 0.717) is 5.69 Å². The van der Waals surface area contributed by atoms with Gasteiger partial charge >= 0.3 is 6.18 Å². The molecule has 0 spiro atoms. The summed E-state index contributed by atoms with van der Waals surface area (Å²) in [6, 6.07) is 6.98. The van der Waals surface area contributed by atoms with Gasteiger partial charge in [-0.1, -0.05) is 6.07 Å². The zero-order chi connectivity index (χ0) is 19.6. The Morgan fingerprint density at radius 3 is 2.38 bits per heavy atom. The molecule has 0 saturated carbocycles. The molecule has 0 aliphatic rings. The van der Waals surface area contributed by atoms with Crippen molar-refractivity contribution in [1.82, 2.24) is 0 Å². The lowest BCUT2D eigenvalue weighted by Gasteiger charge is -2.20. The molecule has 2 aromatic carbocycles. The van der Waals surface area contributed by atoms with E-state index in [0.717, 1.165) is 12.1 Å². The number of amides is 1. The summed E-state index contributed by atoms with van der Waals surface area (Å²) in [6.07, 6.45) is -4.56. The number of hydrogen-bond donors (Lipinski definition) is 1. The molecule has 0 fully saturated rings. The molecule has 26 heavy (non-hydrogen) atoms. The number of rotatable bonds is 4. The van der Waals surface area contributed by atoms with E-state index in [1.54, 1.807) is 19.0 Å². The van der Waals surface area contributed by atoms with Crippen LogP contribution < -0.4 is 10.2 Å². The van der Waals surface area contributed by atoms with Crippen molar-refractivity contribution < 1.29 is 22.9 Å². The molecule has 2 aromatic rings. The van der Waals surface area contributed by atoms with Crippen molar-refractivity contribution in [3.63, 3.8) is 0 Å². The fourth-order valence-corrected chi connectivity index (χ4v) is 2.46. The molecule has 0 aliphatic heterocycles. The number of nitro benzene ring substituents is 1. The van der Waals surface area contributed by atoms with Crippen LogP contribution in [-0.4, -0.2) is 24.9 Å². The predicted molar refractivity (Wildman–Crippen MR) is 91.6 cm³/mol. The molecular formula is C17H16F3N3O3. The van der Waals surface area contributed by atoms with Crippen LogP contribution in [0.3, 0.4) is 0 Å². The van der Waals surface area contributed by atoms with E-state index in [-0.39, 0.29) is 22.5 Å². The third kappa shape index (κ3) is 3.93. The van der Waals surface area contributed by atoms with E-state index in [1.807, 2.05) is 0 Å². The molecule has 1 amide bonds. The second kappa shape index (κ2) is 7.03. The van der Waals surface area contributed by atoms with Gasteiger partial charge in [0.25, 0.3) is 11.6 Å². The zero-order valence-electron chi connectivity index (χ0n) is 14.2. The van der Waals surface area contributed by atoms with Crippen molar-refractivity contribution in [2.75, 3.05) is 24.3 Å². The number of hydrogen-bond acceptors (Lipinski definition) is 4. The Kier molecular flexibility index (Phi) is 5.20. The van der Waals surface area contributed by atoms with E-state index >= 15 is 0 Å². The Morgan fingerprint density at radius 2 is 1.85 bits per heavy atom. The monoisotopic (exact) mass is 367 g/mol. The zero-order valence-corrected chi connectivity index (χ0v) is 14.2. The first-order valence-corrected chi connectivity index (χ1v) is 7.46. The Morgan fingerprint density at radius 1 is 1.19 bits per heavy atom. The average molecular weight is 367 g/mol. The normalized spacial score (nSPS) is 11.2. The van der Waals surface area contributed by atoms with Crippen molar-refractivity contribution in [3.8, 4) is 0 Å². The summed E-state index contributed by atoms with van der Waals surface area (Å²) in [5.41, 5.74) is -0.673. The first-order chi connectivity index (χ1) is 12.0. The SMILES string of the molecule is Cc1c(C(=O)Nc2cc(C(F)(F)F)ccc2N(C)C)cccc1[N+](=O)[O-]. The third-order valence-corrected chi connectivity index (χ3v) is 3.80. The molecule has 0 radical (unpaired) electrons. The van der Waals surface area contributed by atoms with Crippen molar-refractivity contribution >= 4 is 23.0 Å². The molecule has 0 aliphatic carbocycles. The summed E-state index contributed by atoms with van der Waals surface area (Å²) in [6.45, 7) is 1.41. The molecule has 0 aromatic heterocycles. The number of nitro groups is 1. The second-order valence-corrected chi connectivity index (χ2v) is 5.79. The molecule has 1 N–H and O–H groups in total. The number of halogens is 3. The number of benzene rings is 2. The van der Waals surface area contributed by atoms with E-state index in [2.05, 4.69) is 5.32 Å². The van der Waals surface area contributed by atoms with Gasteiger partial charge in [0, 0.05) is 31.3 Å². The quantitative estimate of drug-likeness (QED) is 0.648. The van der Waals surface area contributed by atoms with Crippen LogP contribution in [0.15, 0.2) is 36.4 Å². The summed E-state index contributed by atoms with van der Waals surface area (Å²) < 4.78 is 38.9. The minimum Gasteiger partial charge on any atom is -0.376 e. The molecular weight excluding hydrogens is 351 g/mol. The maximum atomic E-state index is 13.0. The van der Waals surface area contributed by atoms with Crippen molar-refractivity contribution in [2.24, 2.45) is 0 Å². The topological polar surface area (TPSA) is 75.5 Å². The highest BCUT2D eigenvalue weighted by Crippen LogP contribution is 2.35. The molecule has 0 saturated heterocycles. The van der Waals surface area contributed by atoms with Crippen LogP contribution in [0, 0.1) is 17.0 Å². The van der Waals surface area contributed by atoms with Crippen molar-refractivity contribution in [2.45, 2.75) is 13.1 Å². The minimum absolute atomic E-state index is 0.0151. The molecule has 0 heterocycles. The second-order valence-electron chi connectivity index (χ2n) is 5.79. The highest BCUT2D eigenvalue weighted by Gasteiger charge is 2.31. The summed E-state index contributed by atoms with van der Waals surface area (Å²) >= 11 is 0. The number of carbonyl (C=O) groups excluding carboxylic acids is 1. The largest absolute Gasteiger partial charge is 0.416 e. The number of carbonyl (C=O) groups is 1. The van der Waals surface area contributed by atoms with E-state index in [4.69, 9.17) is 0 Å². The molecule has 2 rings (SSSR count). The average Bonchev–Trinajstić information content (AvgIpc) is 2.53. The summed E-state index contributed by atoms with van der Waals surface area (Å²) in [5.74, 6) is -0.728. The molecule has 9 heteroatoms. The molecule has 0 bridgehead atoms. The van der Waals surface area contributed by atoms with Gasteiger partial charge in [-0.3, -0.25) is 14.9 Å². The van der Waals surface area contributed by atoms with Crippen molar-refractivity contribution in [3.05, 3.63) is 63.2 Å². The van der Waals surface area contributed by atoms with E-state index in [9.17, 15) is 28.1 Å². The fraction of sp³-hybridized carbons (Fsp3) is 0.235. The molecule has 0 atom stereocenters. The van der Waals surface area contributed by atoms with Crippen LogP contribution >= 0.6 is 0 Å². The Bertz CT molecular complexity index is 864. The number of nitrogens with zero attached hydrogens (tertiary/aromatic N) is 2. The Balaban J connectivity index is 2.46. The Hall–Kier alpha value is -3.10. The maximum Gasteiger partial charge on any atom is 0.416 e. The minimum atomic E-state index is -4.56. The number of nitrogens with one attached hydrogen (secondary N) is 1. The van der Waals surface area contributed by atoms with Crippen LogP contribution in [-0.2, 0) is 6.18 Å². The smallest absolute Gasteiger partial charge is 0.376 e. The summed E-state index contributed by atoms with van der Waals surface area (Å²) in [7, 11) is 3.24. The van der Waals surface area contributed by atoms with E-state index < -0.39 is 22.6 Å². The highest BCUT2D eigenvalue weighted by atomic mass is 19.4. The summed E-state index contributed by atoms with van der Waals surface area (Å²) in [5, 5.41) is 13.4. The first-order valence-electron chi connectivity index (χ1n) is 7.46. The van der Waals surface area contributed by atoms with E-state index in [1.165, 1.54) is 31.2 Å². The maximum absolute atomic E-state index is 13.0. The lowest BCUT2D eigenvalue weighted by molar-refractivity contribution is -0.385. The van der Waals surface area contributed by atoms with Crippen molar-refractivity contribution in [1.29, 1.82) is 0 Å². The third-order valence-electron chi connectivity index (χ3n) is 3.80. The van der Waals surface area contributed by atoms with Gasteiger partial charge < -0.3 is 10.2 Å². The predicted octanol–water partition coefficient (Wildman–Crippen LogP) is 4.24. The van der Waals surface area contributed by atoms with Crippen LogP contribution in [0.2, 0.25) is 0 Å². The summed E-state index contributed by atoms with van der Waals surface area (Å²) in [4.78, 5) is 24.4. The van der Waals surface area contributed by atoms with Crippen LogP contribution in [0.1, 0.15) is 21.5 Å². The number of anilines is 2. The van der Waals surface area contributed by atoms with Crippen LogP contribution in [0.5, 0.6) is 0 Å². The van der Waals surface area contributed by atoms with Gasteiger partial charge in [-0.25, -0.2) is 0 Å². The molecule has 0 unspecified atom stereocenters. The van der Waals surface area contributed by atoms with Gasteiger partial charge in [-0.15, -0.1) is 0 Å².